The van der Waals surface area contributed by atoms with Crippen LogP contribution in [0.1, 0.15) is 19.3 Å². The highest BCUT2D eigenvalue weighted by molar-refractivity contribution is 5.45. The highest BCUT2D eigenvalue weighted by atomic mass is 14.9. The van der Waals surface area contributed by atoms with Gasteiger partial charge in [-0.3, -0.25) is 0 Å². The first-order valence-corrected chi connectivity index (χ1v) is 4.85. The minimum atomic E-state index is 0.502. The molecule has 1 unspecified atom stereocenters. The van der Waals surface area contributed by atoms with E-state index in [0.717, 1.165) is 0 Å². The lowest BCUT2D eigenvalue weighted by Gasteiger charge is -2.14. The third-order valence-electron chi connectivity index (χ3n) is 2.60. The van der Waals surface area contributed by atoms with Gasteiger partial charge in [0.15, 0.2) is 0 Å². The molecule has 0 aliphatic heterocycles. The maximum atomic E-state index is 4.07. The molecule has 1 N–H and O–H groups in total. The molecule has 0 saturated heterocycles. The van der Waals surface area contributed by atoms with Crippen LogP contribution in [0.5, 0.6) is 0 Å². The van der Waals surface area contributed by atoms with Crippen LogP contribution in [0.4, 0.5) is 5.69 Å². The Morgan fingerprint density at radius 2 is 2.00 bits per heavy atom. The zero-order chi connectivity index (χ0) is 9.10. The summed E-state index contributed by atoms with van der Waals surface area (Å²) in [6.07, 6.45) is 3.70. The van der Waals surface area contributed by atoms with E-state index in [1.807, 2.05) is 6.07 Å². The second kappa shape index (κ2) is 3.65. The van der Waals surface area contributed by atoms with E-state index in [1.54, 1.807) is 0 Å². The first-order valence-electron chi connectivity index (χ1n) is 4.85. The van der Waals surface area contributed by atoms with Crippen molar-refractivity contribution in [1.29, 1.82) is 0 Å². The van der Waals surface area contributed by atoms with Gasteiger partial charge in [-0.25, -0.2) is 0 Å². The Balaban J connectivity index is 2.02. The molecule has 0 heterocycles. The van der Waals surface area contributed by atoms with E-state index in [-0.39, 0.29) is 0 Å². The molecule has 0 aromatic heterocycles. The van der Waals surface area contributed by atoms with E-state index >= 15 is 0 Å². The van der Waals surface area contributed by atoms with Crippen LogP contribution >= 0.6 is 0 Å². The van der Waals surface area contributed by atoms with Gasteiger partial charge in [0.2, 0.25) is 0 Å². The van der Waals surface area contributed by atoms with Crippen molar-refractivity contribution in [3.8, 4) is 0 Å². The topological polar surface area (TPSA) is 12.0 Å². The molecule has 0 radical (unpaired) electrons. The fourth-order valence-electron chi connectivity index (χ4n) is 1.82. The van der Waals surface area contributed by atoms with Gasteiger partial charge in [0.1, 0.15) is 0 Å². The molecule has 1 aromatic rings. The molecule has 1 fully saturated rings. The molecular formula is C12H15N. The molecule has 0 spiro atoms. The van der Waals surface area contributed by atoms with Crippen LogP contribution in [-0.4, -0.2) is 6.04 Å². The number of anilines is 1. The van der Waals surface area contributed by atoms with Crippen LogP contribution in [0.2, 0.25) is 0 Å². The zero-order valence-electron chi connectivity index (χ0n) is 7.79. The quantitative estimate of drug-likeness (QED) is 0.677. The molecule has 1 heteroatoms. The van der Waals surface area contributed by atoms with Crippen molar-refractivity contribution in [1.82, 2.24) is 0 Å². The Labute approximate surface area is 79.5 Å². The van der Waals surface area contributed by atoms with Crippen molar-refractivity contribution in [2.24, 2.45) is 0 Å². The minimum absolute atomic E-state index is 0.502. The first-order chi connectivity index (χ1) is 6.36. The van der Waals surface area contributed by atoms with Gasteiger partial charge in [-0.05, 0) is 31.4 Å². The van der Waals surface area contributed by atoms with E-state index in [2.05, 4.69) is 36.2 Å². The maximum absolute atomic E-state index is 4.07. The summed E-state index contributed by atoms with van der Waals surface area (Å²) in [5.74, 6) is 0. The van der Waals surface area contributed by atoms with Crippen molar-refractivity contribution in [2.75, 3.05) is 5.32 Å². The van der Waals surface area contributed by atoms with E-state index < -0.39 is 0 Å². The van der Waals surface area contributed by atoms with Crippen LogP contribution in [0.3, 0.4) is 0 Å². The summed E-state index contributed by atoms with van der Waals surface area (Å²) >= 11 is 0. The predicted octanol–water partition coefficient (Wildman–Crippen LogP) is 3.21. The second-order valence-corrected chi connectivity index (χ2v) is 3.61. The molecule has 1 atom stereocenters. The molecular weight excluding hydrogens is 158 g/mol. The lowest BCUT2D eigenvalue weighted by molar-refractivity contribution is 0.815. The molecule has 0 bridgehead atoms. The Morgan fingerprint density at radius 1 is 1.23 bits per heavy atom. The highest BCUT2D eigenvalue weighted by Crippen LogP contribution is 2.26. The monoisotopic (exact) mass is 173 g/mol. The SMILES string of the molecule is C=C1CCCC1Nc1ccccc1. The predicted molar refractivity (Wildman–Crippen MR) is 56.8 cm³/mol. The summed E-state index contributed by atoms with van der Waals surface area (Å²) in [6.45, 7) is 4.07. The number of para-hydroxylation sites is 1. The van der Waals surface area contributed by atoms with Crippen molar-refractivity contribution in [3.05, 3.63) is 42.5 Å². The Morgan fingerprint density at radius 3 is 2.62 bits per heavy atom. The summed E-state index contributed by atoms with van der Waals surface area (Å²) < 4.78 is 0. The normalized spacial score (nSPS) is 21.8. The lowest BCUT2D eigenvalue weighted by atomic mass is 10.1. The van der Waals surface area contributed by atoms with Gasteiger partial charge in [0, 0.05) is 11.7 Å². The van der Waals surface area contributed by atoms with Crippen LogP contribution in [0.15, 0.2) is 42.5 Å². The van der Waals surface area contributed by atoms with Crippen LogP contribution in [0, 0.1) is 0 Å². The van der Waals surface area contributed by atoms with Crippen LogP contribution in [0.25, 0.3) is 0 Å². The smallest absolute Gasteiger partial charge is 0.0471 e. The van der Waals surface area contributed by atoms with Gasteiger partial charge in [0.25, 0.3) is 0 Å². The van der Waals surface area contributed by atoms with Crippen molar-refractivity contribution < 1.29 is 0 Å². The van der Waals surface area contributed by atoms with Crippen LogP contribution < -0.4 is 5.32 Å². The molecule has 1 aliphatic carbocycles. The van der Waals surface area contributed by atoms with E-state index in [4.69, 9.17) is 0 Å². The summed E-state index contributed by atoms with van der Waals surface area (Å²) in [5, 5.41) is 3.49. The second-order valence-electron chi connectivity index (χ2n) is 3.61. The average molecular weight is 173 g/mol. The number of hydrogen-bond donors (Lipinski definition) is 1. The third kappa shape index (κ3) is 1.92. The molecule has 2 rings (SSSR count). The van der Waals surface area contributed by atoms with Gasteiger partial charge in [-0.15, -0.1) is 0 Å². The summed E-state index contributed by atoms with van der Waals surface area (Å²) in [7, 11) is 0. The minimum Gasteiger partial charge on any atom is -0.379 e. The number of nitrogens with one attached hydrogen (secondary N) is 1. The fourth-order valence-corrected chi connectivity index (χ4v) is 1.82. The summed E-state index contributed by atoms with van der Waals surface area (Å²) in [6, 6.07) is 10.9. The molecule has 1 nitrogen and oxygen atoms in total. The Kier molecular flexibility index (Phi) is 2.35. The number of benzene rings is 1. The van der Waals surface area contributed by atoms with Gasteiger partial charge >= 0.3 is 0 Å². The standard InChI is InChI=1S/C12H15N/c1-10-6-5-9-12(10)13-11-7-3-2-4-8-11/h2-4,7-8,12-13H,1,5-6,9H2. The van der Waals surface area contributed by atoms with Crippen LogP contribution in [-0.2, 0) is 0 Å². The largest absolute Gasteiger partial charge is 0.379 e. The third-order valence-corrected chi connectivity index (χ3v) is 2.60. The Hall–Kier alpha value is -1.24. The molecule has 1 aliphatic rings. The Bertz CT molecular complexity index is 289. The van der Waals surface area contributed by atoms with Gasteiger partial charge in [-0.1, -0.05) is 30.4 Å². The summed E-state index contributed by atoms with van der Waals surface area (Å²) in [4.78, 5) is 0. The van der Waals surface area contributed by atoms with Gasteiger partial charge in [0.05, 0.1) is 0 Å². The highest BCUT2D eigenvalue weighted by Gasteiger charge is 2.18. The molecule has 1 aromatic carbocycles. The number of hydrogen-bond acceptors (Lipinski definition) is 1. The van der Waals surface area contributed by atoms with E-state index in [9.17, 15) is 0 Å². The molecule has 68 valence electrons. The molecule has 13 heavy (non-hydrogen) atoms. The van der Waals surface area contributed by atoms with E-state index in [0.29, 0.717) is 6.04 Å². The van der Waals surface area contributed by atoms with Crippen molar-refractivity contribution >= 4 is 5.69 Å². The zero-order valence-corrected chi connectivity index (χ0v) is 7.79. The number of rotatable bonds is 2. The van der Waals surface area contributed by atoms with Gasteiger partial charge in [-0.2, -0.15) is 0 Å². The fraction of sp³-hybridized carbons (Fsp3) is 0.333. The van der Waals surface area contributed by atoms with Crippen molar-refractivity contribution in [3.63, 3.8) is 0 Å². The van der Waals surface area contributed by atoms with E-state index in [1.165, 1.54) is 30.5 Å². The summed E-state index contributed by atoms with van der Waals surface area (Å²) in [5.41, 5.74) is 2.56. The lowest BCUT2D eigenvalue weighted by Crippen LogP contribution is -2.16. The maximum Gasteiger partial charge on any atom is 0.0471 e. The first kappa shape index (κ1) is 8.36. The molecule has 1 saturated carbocycles. The van der Waals surface area contributed by atoms with Crippen molar-refractivity contribution in [2.45, 2.75) is 25.3 Å². The average Bonchev–Trinajstić information content (AvgIpc) is 2.54. The van der Waals surface area contributed by atoms with Gasteiger partial charge < -0.3 is 5.32 Å². The molecule has 0 amide bonds.